The third-order valence-electron chi connectivity index (χ3n) is 2.03. The van der Waals surface area contributed by atoms with Gasteiger partial charge < -0.3 is 0 Å². The van der Waals surface area contributed by atoms with Gasteiger partial charge in [0, 0.05) is 18.1 Å². The predicted octanol–water partition coefficient (Wildman–Crippen LogP) is 1.48. The minimum absolute atomic E-state index is 0.0516. The van der Waals surface area contributed by atoms with Crippen LogP contribution in [0.1, 0.15) is 5.69 Å². The number of hydrogen-bond acceptors (Lipinski definition) is 4. The van der Waals surface area contributed by atoms with Crippen molar-refractivity contribution in [3.8, 4) is 5.69 Å². The van der Waals surface area contributed by atoms with Gasteiger partial charge in [-0.15, -0.1) is 0 Å². The van der Waals surface area contributed by atoms with Crippen molar-refractivity contribution in [3.63, 3.8) is 0 Å². The molecule has 0 amide bonds. The van der Waals surface area contributed by atoms with E-state index < -0.39 is 4.92 Å². The fourth-order valence-electron chi connectivity index (χ4n) is 1.32. The Hall–Kier alpha value is -2.24. The molecule has 2 rings (SSSR count). The molecule has 0 saturated heterocycles. The molecule has 0 fully saturated rings. The van der Waals surface area contributed by atoms with Crippen molar-refractivity contribution in [2.24, 2.45) is 0 Å². The smallest absolute Gasteiger partial charge is 0.258 e. The summed E-state index contributed by atoms with van der Waals surface area (Å²) in [7, 11) is 0. The van der Waals surface area contributed by atoms with Crippen molar-refractivity contribution in [3.05, 3.63) is 46.5 Å². The molecule has 15 heavy (non-hydrogen) atoms. The zero-order valence-electron chi connectivity index (χ0n) is 7.99. The van der Waals surface area contributed by atoms with Crippen LogP contribution in [0.5, 0.6) is 0 Å². The first-order valence-electron chi connectivity index (χ1n) is 4.29. The van der Waals surface area contributed by atoms with Crippen LogP contribution in [0.4, 0.5) is 5.69 Å². The Morgan fingerprint density at radius 3 is 2.80 bits per heavy atom. The monoisotopic (exact) mass is 204 g/mol. The maximum Gasteiger partial charge on any atom is 0.312 e. The van der Waals surface area contributed by atoms with E-state index in [-0.39, 0.29) is 5.69 Å². The van der Waals surface area contributed by atoms with Crippen LogP contribution in [0.3, 0.4) is 0 Å². The van der Waals surface area contributed by atoms with Crippen molar-refractivity contribution < 1.29 is 4.92 Å². The molecule has 6 nitrogen and oxygen atoms in total. The van der Waals surface area contributed by atoms with Crippen LogP contribution < -0.4 is 0 Å². The maximum absolute atomic E-state index is 10.8. The first-order chi connectivity index (χ1) is 7.20. The highest BCUT2D eigenvalue weighted by Gasteiger charge is 2.16. The van der Waals surface area contributed by atoms with Crippen molar-refractivity contribution in [2.75, 3.05) is 0 Å². The van der Waals surface area contributed by atoms with Gasteiger partial charge in [0.2, 0.25) is 0 Å². The number of nitrogens with zero attached hydrogens (tertiary/aromatic N) is 4. The van der Waals surface area contributed by atoms with E-state index in [4.69, 9.17) is 0 Å². The molecule has 0 unspecified atom stereocenters. The molecule has 0 aromatic carbocycles. The molecule has 0 N–H and O–H groups in total. The molecular formula is C9H8N4O2. The summed E-state index contributed by atoms with van der Waals surface area (Å²) in [6, 6.07) is 3.35. The molecule has 2 aromatic rings. The topological polar surface area (TPSA) is 73.8 Å². The van der Waals surface area contributed by atoms with Gasteiger partial charge in [-0.3, -0.25) is 15.1 Å². The van der Waals surface area contributed by atoms with Gasteiger partial charge in [0.1, 0.15) is 11.9 Å². The summed E-state index contributed by atoms with van der Waals surface area (Å²) in [5.74, 6) is 0. The van der Waals surface area contributed by atoms with Gasteiger partial charge in [0.25, 0.3) is 0 Å². The predicted molar refractivity (Wildman–Crippen MR) is 52.8 cm³/mol. The van der Waals surface area contributed by atoms with E-state index in [2.05, 4.69) is 10.1 Å². The Morgan fingerprint density at radius 1 is 1.40 bits per heavy atom. The first kappa shape index (κ1) is 9.32. The molecule has 0 aliphatic carbocycles. The number of aromatic nitrogens is 3. The van der Waals surface area contributed by atoms with Crippen LogP contribution in [0.2, 0.25) is 0 Å². The minimum atomic E-state index is -0.469. The standard InChI is InChI=1S/C9H8N4O2/c1-7-2-5-11-12(7)8-3-4-10-6-9(8)13(14)15/h2-6H,1H3. The lowest BCUT2D eigenvalue weighted by Crippen LogP contribution is -2.03. The highest BCUT2D eigenvalue weighted by atomic mass is 16.6. The average molecular weight is 204 g/mol. The van der Waals surface area contributed by atoms with E-state index >= 15 is 0 Å². The highest BCUT2D eigenvalue weighted by molar-refractivity contribution is 5.50. The summed E-state index contributed by atoms with van der Waals surface area (Å²) in [4.78, 5) is 14.0. The van der Waals surface area contributed by atoms with Gasteiger partial charge in [0.15, 0.2) is 0 Å². The van der Waals surface area contributed by atoms with E-state index in [1.165, 1.54) is 17.1 Å². The molecule has 6 heteroatoms. The van der Waals surface area contributed by atoms with Crippen molar-refractivity contribution in [1.82, 2.24) is 14.8 Å². The molecule has 2 heterocycles. The average Bonchev–Trinajstić information content (AvgIpc) is 2.64. The summed E-state index contributed by atoms with van der Waals surface area (Å²) in [6.45, 7) is 1.83. The normalized spacial score (nSPS) is 10.2. The molecule has 0 aliphatic rings. The van der Waals surface area contributed by atoms with Gasteiger partial charge >= 0.3 is 5.69 Å². The fraction of sp³-hybridized carbons (Fsp3) is 0.111. The van der Waals surface area contributed by atoms with Crippen LogP contribution in [0.25, 0.3) is 5.69 Å². The maximum atomic E-state index is 10.8. The van der Waals surface area contributed by atoms with Crippen molar-refractivity contribution >= 4 is 5.69 Å². The quantitative estimate of drug-likeness (QED) is 0.548. The molecule has 0 spiro atoms. The number of rotatable bonds is 2. The minimum Gasteiger partial charge on any atom is -0.258 e. The lowest BCUT2D eigenvalue weighted by molar-refractivity contribution is -0.385. The van der Waals surface area contributed by atoms with Crippen LogP contribution in [0, 0.1) is 17.0 Å². The molecule has 76 valence electrons. The van der Waals surface area contributed by atoms with Crippen LogP contribution in [0.15, 0.2) is 30.7 Å². The second-order valence-corrected chi connectivity index (χ2v) is 3.01. The fourth-order valence-corrected chi connectivity index (χ4v) is 1.32. The molecule has 0 saturated carbocycles. The summed E-state index contributed by atoms with van der Waals surface area (Å²) in [5, 5.41) is 14.8. The number of pyridine rings is 1. The number of nitro groups is 1. The third kappa shape index (κ3) is 1.56. The van der Waals surface area contributed by atoms with Gasteiger partial charge in [0.05, 0.1) is 4.92 Å². The second kappa shape index (κ2) is 3.49. The Kier molecular flexibility index (Phi) is 2.17. The SMILES string of the molecule is Cc1ccnn1-c1ccncc1[N+](=O)[O-]. The summed E-state index contributed by atoms with van der Waals surface area (Å²) in [5.41, 5.74) is 1.21. The van der Waals surface area contributed by atoms with Crippen molar-refractivity contribution in [2.45, 2.75) is 6.92 Å². The lowest BCUT2D eigenvalue weighted by atomic mass is 10.3. The summed E-state index contributed by atoms with van der Waals surface area (Å²) in [6.07, 6.45) is 4.32. The van der Waals surface area contributed by atoms with Gasteiger partial charge in [-0.2, -0.15) is 5.10 Å². The zero-order valence-corrected chi connectivity index (χ0v) is 7.99. The van der Waals surface area contributed by atoms with Crippen molar-refractivity contribution in [1.29, 1.82) is 0 Å². The molecule has 0 aliphatic heterocycles. The zero-order chi connectivity index (χ0) is 10.8. The van der Waals surface area contributed by atoms with E-state index in [0.29, 0.717) is 5.69 Å². The second-order valence-electron chi connectivity index (χ2n) is 3.01. The molecular weight excluding hydrogens is 196 g/mol. The Morgan fingerprint density at radius 2 is 2.20 bits per heavy atom. The largest absolute Gasteiger partial charge is 0.312 e. The lowest BCUT2D eigenvalue weighted by Gasteiger charge is -2.03. The Bertz CT molecular complexity index is 506. The number of aryl methyl sites for hydroxylation is 1. The summed E-state index contributed by atoms with van der Waals surface area (Å²) < 4.78 is 1.51. The molecule has 0 bridgehead atoms. The van der Waals surface area contributed by atoms with Crippen LogP contribution in [-0.4, -0.2) is 19.7 Å². The third-order valence-corrected chi connectivity index (χ3v) is 2.03. The molecule has 2 aromatic heterocycles. The highest BCUT2D eigenvalue weighted by Crippen LogP contribution is 2.21. The Balaban J connectivity index is 2.63. The molecule has 0 radical (unpaired) electrons. The van der Waals surface area contributed by atoms with Crippen LogP contribution in [-0.2, 0) is 0 Å². The summed E-state index contributed by atoms with van der Waals surface area (Å²) >= 11 is 0. The van der Waals surface area contributed by atoms with Gasteiger partial charge in [-0.25, -0.2) is 4.68 Å². The van der Waals surface area contributed by atoms with E-state index in [9.17, 15) is 10.1 Å². The van der Waals surface area contributed by atoms with E-state index in [1.54, 1.807) is 18.3 Å². The van der Waals surface area contributed by atoms with E-state index in [0.717, 1.165) is 5.69 Å². The van der Waals surface area contributed by atoms with Crippen LogP contribution >= 0.6 is 0 Å². The Labute approximate surface area is 85.3 Å². The van der Waals surface area contributed by atoms with Gasteiger partial charge in [-0.1, -0.05) is 0 Å². The number of hydrogen-bond donors (Lipinski definition) is 0. The van der Waals surface area contributed by atoms with E-state index in [1.807, 2.05) is 6.92 Å². The van der Waals surface area contributed by atoms with Gasteiger partial charge in [-0.05, 0) is 19.1 Å². The first-order valence-corrected chi connectivity index (χ1v) is 4.29. The molecule has 0 atom stereocenters.